The zero-order chi connectivity index (χ0) is 36.6. The standard InChI is InChI=1S/C34H61N6O9P/c1-4-6-7-8-9-10-11-12-13-14-15-16-17-18-19-20-21-31(41)36-23-28(46-5-2)25-47-50(44,45)48-26-30-29(38-39-35)22-32(49-30)40-24-27(3)33(42)37-34(40)43/h24,28-30,32H,4-23,25-26H2,1-3H3,(H,36,41)(H,44,45)(H,37,42,43)/t28?,29-,30+,32+/m0/s1. The van der Waals surface area contributed by atoms with E-state index in [0.29, 0.717) is 13.0 Å². The summed E-state index contributed by atoms with van der Waals surface area (Å²) in [6.45, 7) is 5.16. The Balaban J connectivity index is 1.61. The fraction of sp³-hybridized carbons (Fsp3) is 0.853. The van der Waals surface area contributed by atoms with Crippen molar-refractivity contribution >= 4 is 13.7 Å². The first kappa shape index (κ1) is 43.7. The normalized spacial score (nSPS) is 19.2. The third-order valence-electron chi connectivity index (χ3n) is 8.87. The van der Waals surface area contributed by atoms with Crippen LogP contribution in [0.1, 0.15) is 141 Å². The lowest BCUT2D eigenvalue weighted by molar-refractivity contribution is -0.122. The first-order valence-electron chi connectivity index (χ1n) is 18.6. The third-order valence-corrected chi connectivity index (χ3v) is 9.82. The van der Waals surface area contributed by atoms with Gasteiger partial charge in [0, 0.05) is 42.7 Å². The van der Waals surface area contributed by atoms with Crippen molar-refractivity contribution < 1.29 is 32.8 Å². The van der Waals surface area contributed by atoms with Gasteiger partial charge in [-0.15, -0.1) is 0 Å². The van der Waals surface area contributed by atoms with Crippen LogP contribution >= 0.6 is 7.82 Å². The van der Waals surface area contributed by atoms with E-state index in [4.69, 9.17) is 24.1 Å². The molecule has 2 rings (SSSR count). The molecule has 0 radical (unpaired) electrons. The number of aryl methyl sites for hydroxylation is 1. The van der Waals surface area contributed by atoms with Crippen LogP contribution in [0, 0.1) is 6.92 Å². The molecule has 0 spiro atoms. The van der Waals surface area contributed by atoms with Crippen molar-refractivity contribution in [1.29, 1.82) is 0 Å². The highest BCUT2D eigenvalue weighted by Crippen LogP contribution is 2.44. The van der Waals surface area contributed by atoms with Crippen molar-refractivity contribution in [3.05, 3.63) is 43.0 Å². The van der Waals surface area contributed by atoms with Crippen LogP contribution in [-0.4, -0.2) is 65.0 Å². The molecule has 1 aromatic heterocycles. The van der Waals surface area contributed by atoms with Crippen LogP contribution in [0.15, 0.2) is 20.9 Å². The van der Waals surface area contributed by atoms with E-state index in [1.165, 1.54) is 96.6 Å². The van der Waals surface area contributed by atoms with E-state index >= 15 is 0 Å². The van der Waals surface area contributed by atoms with Gasteiger partial charge in [0.1, 0.15) is 6.23 Å². The van der Waals surface area contributed by atoms with Crippen LogP contribution in [0.25, 0.3) is 10.4 Å². The van der Waals surface area contributed by atoms with Gasteiger partial charge < -0.3 is 19.7 Å². The van der Waals surface area contributed by atoms with E-state index in [0.717, 1.165) is 23.8 Å². The molecule has 1 amide bonds. The molecule has 15 nitrogen and oxygen atoms in total. The molecular formula is C34H61N6O9P. The number of amides is 1. The molecule has 0 aromatic carbocycles. The van der Waals surface area contributed by atoms with Crippen LogP contribution < -0.4 is 16.6 Å². The number of hydrogen-bond acceptors (Lipinski definition) is 9. The molecule has 50 heavy (non-hydrogen) atoms. The Labute approximate surface area is 296 Å². The third kappa shape index (κ3) is 18.1. The number of H-pyrrole nitrogens is 1. The van der Waals surface area contributed by atoms with Gasteiger partial charge >= 0.3 is 13.5 Å². The quantitative estimate of drug-likeness (QED) is 0.0252. The number of unbranched alkanes of at least 4 members (excludes halogenated alkanes) is 15. The average molecular weight is 729 g/mol. The minimum absolute atomic E-state index is 0.0750. The van der Waals surface area contributed by atoms with E-state index in [1.54, 1.807) is 6.92 Å². The van der Waals surface area contributed by atoms with Crippen LogP contribution in [0.3, 0.4) is 0 Å². The molecule has 0 bridgehead atoms. The maximum Gasteiger partial charge on any atom is 0.472 e. The van der Waals surface area contributed by atoms with Crippen LogP contribution in [-0.2, 0) is 27.9 Å². The second-order valence-electron chi connectivity index (χ2n) is 13.1. The summed E-state index contributed by atoms with van der Waals surface area (Å²) in [7, 11) is -4.60. The molecule has 1 aliphatic heterocycles. The topological polar surface area (TPSA) is 207 Å². The second-order valence-corrected chi connectivity index (χ2v) is 14.6. The molecule has 1 aromatic rings. The molecule has 2 unspecified atom stereocenters. The molecular weight excluding hydrogens is 667 g/mol. The van der Waals surface area contributed by atoms with Crippen LogP contribution in [0.4, 0.5) is 0 Å². The summed E-state index contributed by atoms with van der Waals surface area (Å²) in [5.41, 5.74) is 8.02. The summed E-state index contributed by atoms with van der Waals surface area (Å²) in [5, 5.41) is 6.48. The Hall–Kier alpha value is -2.51. The molecule has 5 atom stereocenters. The maximum absolute atomic E-state index is 12.7. The van der Waals surface area contributed by atoms with Gasteiger partial charge in [-0.3, -0.25) is 28.2 Å². The summed E-state index contributed by atoms with van der Waals surface area (Å²) in [6, 6.07) is -0.815. The number of azide groups is 1. The van der Waals surface area contributed by atoms with Gasteiger partial charge in [-0.2, -0.15) is 0 Å². The maximum atomic E-state index is 12.7. The summed E-state index contributed by atoms with van der Waals surface area (Å²) in [5.74, 6) is -0.114. The molecule has 0 saturated carbocycles. The number of phosphoric ester groups is 1. The van der Waals surface area contributed by atoms with E-state index in [1.807, 2.05) is 0 Å². The number of aromatic amines is 1. The first-order valence-corrected chi connectivity index (χ1v) is 20.1. The molecule has 0 aliphatic carbocycles. The smallest absolute Gasteiger partial charge is 0.374 e. The molecule has 3 N–H and O–H groups in total. The van der Waals surface area contributed by atoms with Crippen molar-refractivity contribution in [3.8, 4) is 0 Å². The number of carbonyl (C=O) groups is 1. The summed E-state index contributed by atoms with van der Waals surface area (Å²) < 4.78 is 35.5. The summed E-state index contributed by atoms with van der Waals surface area (Å²) in [4.78, 5) is 51.7. The number of carbonyl (C=O) groups excluding carboxylic acids is 1. The number of ether oxygens (including phenoxy) is 2. The highest BCUT2D eigenvalue weighted by molar-refractivity contribution is 7.47. The van der Waals surface area contributed by atoms with E-state index in [2.05, 4.69) is 27.3 Å². The van der Waals surface area contributed by atoms with Crippen LogP contribution in [0.5, 0.6) is 0 Å². The monoisotopic (exact) mass is 728 g/mol. The van der Waals surface area contributed by atoms with E-state index < -0.39 is 50.2 Å². The number of nitrogens with one attached hydrogen (secondary N) is 2. The summed E-state index contributed by atoms with van der Waals surface area (Å²) >= 11 is 0. The van der Waals surface area contributed by atoms with Gasteiger partial charge in [-0.1, -0.05) is 108 Å². The molecule has 2 heterocycles. The zero-order valence-corrected chi connectivity index (χ0v) is 31.3. The van der Waals surface area contributed by atoms with Gasteiger partial charge in [0.15, 0.2) is 0 Å². The number of hydrogen-bond donors (Lipinski definition) is 3. The number of aromatic nitrogens is 2. The predicted octanol–water partition coefficient (Wildman–Crippen LogP) is 7.12. The fourth-order valence-electron chi connectivity index (χ4n) is 5.96. The van der Waals surface area contributed by atoms with Crippen molar-refractivity contribution in [1.82, 2.24) is 14.9 Å². The largest absolute Gasteiger partial charge is 0.472 e. The van der Waals surface area contributed by atoms with E-state index in [-0.39, 0.29) is 31.0 Å². The summed E-state index contributed by atoms with van der Waals surface area (Å²) in [6.07, 6.45) is 19.5. The lowest BCUT2D eigenvalue weighted by Gasteiger charge is -2.21. The number of phosphoric acid groups is 1. The van der Waals surface area contributed by atoms with Crippen molar-refractivity contribution in [2.24, 2.45) is 5.11 Å². The minimum Gasteiger partial charge on any atom is -0.374 e. The fourth-order valence-corrected chi connectivity index (χ4v) is 6.72. The van der Waals surface area contributed by atoms with Crippen molar-refractivity contribution in [3.63, 3.8) is 0 Å². The predicted molar refractivity (Wildman–Crippen MR) is 192 cm³/mol. The average Bonchev–Trinajstić information content (AvgIpc) is 3.49. The number of nitrogens with zero attached hydrogens (tertiary/aromatic N) is 4. The second kappa shape index (κ2) is 25.4. The molecule has 1 saturated heterocycles. The molecule has 1 fully saturated rings. The Morgan fingerprint density at radius 2 is 1.62 bits per heavy atom. The van der Waals surface area contributed by atoms with Crippen LogP contribution in [0.2, 0.25) is 0 Å². The number of rotatable bonds is 29. The molecule has 16 heteroatoms. The van der Waals surface area contributed by atoms with Crippen molar-refractivity contribution in [2.45, 2.75) is 161 Å². The Bertz CT molecular complexity index is 1320. The Kier molecular flexibility index (Phi) is 22.2. The Morgan fingerprint density at radius 3 is 2.18 bits per heavy atom. The SMILES string of the molecule is CCCCCCCCCCCCCCCCCCC(=O)NCC(COP(=O)(O)OC[C@H]1O[C@@H](n2cc(C)c(=O)[nH]c2=O)C[C@@H]1N=[N+]=[N-])OCC. The van der Waals surface area contributed by atoms with Gasteiger partial charge in [0.05, 0.1) is 31.5 Å². The van der Waals surface area contributed by atoms with Gasteiger partial charge in [-0.05, 0) is 25.8 Å². The van der Waals surface area contributed by atoms with Crippen molar-refractivity contribution in [2.75, 3.05) is 26.4 Å². The minimum atomic E-state index is -4.60. The van der Waals surface area contributed by atoms with Gasteiger partial charge in [0.25, 0.3) is 5.56 Å². The lowest BCUT2D eigenvalue weighted by Crippen LogP contribution is -2.36. The van der Waals surface area contributed by atoms with E-state index in [9.17, 15) is 23.8 Å². The van der Waals surface area contributed by atoms with Gasteiger partial charge in [-0.25, -0.2) is 9.36 Å². The van der Waals surface area contributed by atoms with Gasteiger partial charge in [0.2, 0.25) is 5.91 Å². The first-order chi connectivity index (χ1) is 24.1. The highest BCUT2D eigenvalue weighted by Gasteiger charge is 2.38. The highest BCUT2D eigenvalue weighted by atomic mass is 31.2. The zero-order valence-electron chi connectivity index (χ0n) is 30.4. The Morgan fingerprint density at radius 1 is 1.04 bits per heavy atom. The molecule has 286 valence electrons. The lowest BCUT2D eigenvalue weighted by atomic mass is 10.0. The molecule has 1 aliphatic rings.